The third-order valence-electron chi connectivity index (χ3n) is 2.60. The highest BCUT2D eigenvalue weighted by Crippen LogP contribution is 2.15. The van der Waals surface area contributed by atoms with E-state index in [1.54, 1.807) is 30.5 Å². The highest BCUT2D eigenvalue weighted by molar-refractivity contribution is 7.92. The first kappa shape index (κ1) is 14.4. The fourth-order valence-electron chi connectivity index (χ4n) is 1.52. The number of pyridine rings is 1. The van der Waals surface area contributed by atoms with Crippen molar-refractivity contribution in [2.24, 2.45) is 5.73 Å². The number of aromatic nitrogens is 1. The average molecular weight is 307 g/mol. The van der Waals surface area contributed by atoms with Crippen molar-refractivity contribution in [2.75, 3.05) is 4.72 Å². The quantitative estimate of drug-likeness (QED) is 0.842. The Balaban J connectivity index is 2.26. The van der Waals surface area contributed by atoms with Crippen molar-refractivity contribution in [1.82, 2.24) is 4.98 Å². The second kappa shape index (κ2) is 5.56. The molecule has 7 heteroatoms. The van der Waals surface area contributed by atoms with Crippen LogP contribution >= 0.6 is 12.2 Å². The van der Waals surface area contributed by atoms with Gasteiger partial charge in [-0.05, 0) is 30.7 Å². The van der Waals surface area contributed by atoms with E-state index in [4.69, 9.17) is 18.0 Å². The minimum absolute atomic E-state index is 0.125. The minimum atomic E-state index is -3.67. The number of thiocarbonyl (C=S) groups is 1. The van der Waals surface area contributed by atoms with E-state index in [2.05, 4.69) is 9.71 Å². The zero-order valence-electron chi connectivity index (χ0n) is 10.7. The smallest absolute Gasteiger partial charge is 0.263 e. The number of sulfonamides is 1. The van der Waals surface area contributed by atoms with Gasteiger partial charge >= 0.3 is 0 Å². The fraction of sp³-hybridized carbons (Fsp3) is 0.0769. The molecule has 2 rings (SSSR count). The van der Waals surface area contributed by atoms with Gasteiger partial charge in [0.1, 0.15) is 10.8 Å². The number of hydrogen-bond acceptors (Lipinski definition) is 4. The molecule has 1 aromatic heterocycles. The van der Waals surface area contributed by atoms with Crippen LogP contribution in [0.15, 0.2) is 47.5 Å². The van der Waals surface area contributed by atoms with Crippen molar-refractivity contribution in [2.45, 2.75) is 11.8 Å². The summed E-state index contributed by atoms with van der Waals surface area (Å²) >= 11 is 4.82. The minimum Gasteiger partial charge on any atom is -0.389 e. The Morgan fingerprint density at radius 2 is 1.85 bits per heavy atom. The summed E-state index contributed by atoms with van der Waals surface area (Å²) in [6.07, 6.45) is 1.59. The first-order valence-corrected chi connectivity index (χ1v) is 7.63. The molecular formula is C13H13N3O2S2. The number of nitrogens with zero attached hydrogens (tertiary/aromatic N) is 1. The number of rotatable bonds is 4. The third-order valence-corrected chi connectivity index (χ3v) is 4.21. The van der Waals surface area contributed by atoms with E-state index in [1.165, 1.54) is 12.1 Å². The maximum absolute atomic E-state index is 12.2. The zero-order chi connectivity index (χ0) is 14.8. The first-order chi connectivity index (χ1) is 9.38. The molecule has 1 heterocycles. The first-order valence-electron chi connectivity index (χ1n) is 5.74. The van der Waals surface area contributed by atoms with Gasteiger partial charge in [0, 0.05) is 11.8 Å². The van der Waals surface area contributed by atoms with Crippen LogP contribution in [-0.4, -0.2) is 18.4 Å². The normalized spacial score (nSPS) is 11.1. The van der Waals surface area contributed by atoms with Gasteiger partial charge in [0.05, 0.1) is 4.90 Å². The maximum atomic E-state index is 12.2. The van der Waals surface area contributed by atoms with Crippen LogP contribution in [0.3, 0.4) is 0 Å². The van der Waals surface area contributed by atoms with Gasteiger partial charge in [-0.15, -0.1) is 0 Å². The zero-order valence-corrected chi connectivity index (χ0v) is 12.3. The highest BCUT2D eigenvalue weighted by Gasteiger charge is 2.14. The molecule has 20 heavy (non-hydrogen) atoms. The van der Waals surface area contributed by atoms with E-state index in [1.807, 2.05) is 6.92 Å². The van der Waals surface area contributed by atoms with Crippen molar-refractivity contribution in [1.29, 1.82) is 0 Å². The molecule has 0 aliphatic carbocycles. The number of nitrogens with two attached hydrogens (primary N) is 1. The Morgan fingerprint density at radius 1 is 1.20 bits per heavy atom. The van der Waals surface area contributed by atoms with Gasteiger partial charge in [0.15, 0.2) is 0 Å². The Hall–Kier alpha value is -1.99. The molecule has 0 atom stereocenters. The largest absolute Gasteiger partial charge is 0.389 e. The molecule has 5 nitrogen and oxygen atoms in total. The van der Waals surface area contributed by atoms with Gasteiger partial charge in [-0.1, -0.05) is 30.4 Å². The molecule has 3 N–H and O–H groups in total. The molecule has 104 valence electrons. The molecule has 2 aromatic rings. The van der Waals surface area contributed by atoms with Crippen molar-refractivity contribution >= 4 is 33.0 Å². The Kier molecular flexibility index (Phi) is 4.01. The number of hydrogen-bond donors (Lipinski definition) is 2. The monoisotopic (exact) mass is 307 g/mol. The Morgan fingerprint density at radius 3 is 2.35 bits per heavy atom. The Labute approximate surface area is 122 Å². The fourth-order valence-corrected chi connectivity index (χ4v) is 2.67. The van der Waals surface area contributed by atoms with Crippen LogP contribution in [0.4, 0.5) is 5.82 Å². The molecule has 0 spiro atoms. The van der Waals surface area contributed by atoms with E-state index in [9.17, 15) is 8.42 Å². The topological polar surface area (TPSA) is 85.1 Å². The lowest BCUT2D eigenvalue weighted by Gasteiger charge is -2.08. The summed E-state index contributed by atoms with van der Waals surface area (Å²) in [4.78, 5) is 4.35. The summed E-state index contributed by atoms with van der Waals surface area (Å²) in [6, 6.07) is 9.42. The lowest BCUT2D eigenvalue weighted by atomic mass is 10.2. The number of anilines is 1. The van der Waals surface area contributed by atoms with Crippen LogP contribution in [0.5, 0.6) is 0 Å². The lowest BCUT2D eigenvalue weighted by molar-refractivity contribution is 0.601. The van der Waals surface area contributed by atoms with E-state index >= 15 is 0 Å². The summed E-state index contributed by atoms with van der Waals surface area (Å²) in [6.45, 7) is 1.87. The van der Waals surface area contributed by atoms with Gasteiger partial charge in [0.25, 0.3) is 10.0 Å². The molecule has 0 unspecified atom stereocenters. The predicted molar refractivity (Wildman–Crippen MR) is 82.1 cm³/mol. The molecule has 0 aliphatic heterocycles. The molecule has 0 saturated heterocycles. The van der Waals surface area contributed by atoms with E-state index < -0.39 is 10.0 Å². The van der Waals surface area contributed by atoms with Gasteiger partial charge in [-0.3, -0.25) is 4.72 Å². The molecular weight excluding hydrogens is 294 g/mol. The van der Waals surface area contributed by atoms with Crippen molar-refractivity contribution in [3.8, 4) is 0 Å². The third kappa shape index (κ3) is 3.31. The van der Waals surface area contributed by atoms with Crippen LogP contribution in [0.1, 0.15) is 11.1 Å². The second-order valence-corrected chi connectivity index (χ2v) is 6.34. The molecule has 0 radical (unpaired) electrons. The van der Waals surface area contributed by atoms with E-state index in [0.29, 0.717) is 5.56 Å². The van der Waals surface area contributed by atoms with Crippen LogP contribution < -0.4 is 10.5 Å². The van der Waals surface area contributed by atoms with Crippen LogP contribution in [0, 0.1) is 6.92 Å². The number of benzene rings is 1. The summed E-state index contributed by atoms with van der Waals surface area (Å²) in [5.74, 6) is 0.272. The maximum Gasteiger partial charge on any atom is 0.263 e. The standard InChI is InChI=1S/C13H13N3O2S2/c1-9-2-7-12(15-8-9)16-20(17,18)11-5-3-10(4-6-11)13(14)19/h2-8H,1H3,(H2,14,19)(H,15,16). The highest BCUT2D eigenvalue weighted by atomic mass is 32.2. The molecule has 0 bridgehead atoms. The van der Waals surface area contributed by atoms with Gasteiger partial charge in [-0.2, -0.15) is 0 Å². The molecule has 0 saturated carbocycles. The molecule has 0 aliphatic rings. The number of nitrogens with one attached hydrogen (secondary N) is 1. The van der Waals surface area contributed by atoms with Crippen LogP contribution in [-0.2, 0) is 10.0 Å². The van der Waals surface area contributed by atoms with Gasteiger partial charge in [0.2, 0.25) is 0 Å². The van der Waals surface area contributed by atoms with E-state index in [0.717, 1.165) is 5.56 Å². The SMILES string of the molecule is Cc1ccc(NS(=O)(=O)c2ccc(C(N)=S)cc2)nc1. The van der Waals surface area contributed by atoms with Crippen LogP contribution in [0.25, 0.3) is 0 Å². The van der Waals surface area contributed by atoms with Gasteiger partial charge < -0.3 is 5.73 Å². The lowest BCUT2D eigenvalue weighted by Crippen LogP contribution is -2.15. The average Bonchev–Trinajstić information content (AvgIpc) is 2.41. The summed E-state index contributed by atoms with van der Waals surface area (Å²) in [5, 5.41) is 0. The summed E-state index contributed by atoms with van der Waals surface area (Å²) in [7, 11) is -3.67. The van der Waals surface area contributed by atoms with Crippen molar-refractivity contribution in [3.63, 3.8) is 0 Å². The molecule has 1 aromatic carbocycles. The summed E-state index contributed by atoms with van der Waals surface area (Å²) in [5.41, 5.74) is 7.04. The summed E-state index contributed by atoms with van der Waals surface area (Å²) < 4.78 is 26.7. The van der Waals surface area contributed by atoms with Crippen molar-refractivity contribution < 1.29 is 8.42 Å². The Bertz CT molecular complexity index is 723. The number of aryl methyl sites for hydroxylation is 1. The second-order valence-electron chi connectivity index (χ2n) is 4.21. The molecule has 0 amide bonds. The predicted octanol–water partition coefficient (Wildman–Crippen LogP) is 1.83. The van der Waals surface area contributed by atoms with Crippen LogP contribution in [0.2, 0.25) is 0 Å². The van der Waals surface area contributed by atoms with E-state index in [-0.39, 0.29) is 15.7 Å². The van der Waals surface area contributed by atoms with Gasteiger partial charge in [-0.25, -0.2) is 13.4 Å². The molecule has 0 fully saturated rings. The van der Waals surface area contributed by atoms with Crippen molar-refractivity contribution in [3.05, 3.63) is 53.7 Å².